The predicted molar refractivity (Wildman–Crippen MR) is 72.8 cm³/mol. The number of carbonyl (C=O) groups excluding carboxylic acids is 1. The molecule has 0 aromatic rings. The van der Waals surface area contributed by atoms with Gasteiger partial charge < -0.3 is 15.7 Å². The highest BCUT2D eigenvalue weighted by Gasteiger charge is 2.37. The van der Waals surface area contributed by atoms with Gasteiger partial charge in [0.25, 0.3) is 0 Å². The molecule has 0 unspecified atom stereocenters. The van der Waals surface area contributed by atoms with Gasteiger partial charge in [0, 0.05) is 25.7 Å². The van der Waals surface area contributed by atoms with Crippen molar-refractivity contribution in [3.8, 4) is 0 Å². The summed E-state index contributed by atoms with van der Waals surface area (Å²) in [5.41, 5.74) is 4.65. The second-order valence-corrected chi connectivity index (χ2v) is 5.62. The van der Waals surface area contributed by atoms with E-state index in [1.165, 1.54) is 4.90 Å². The molecule has 1 heterocycles. The van der Waals surface area contributed by atoms with Crippen molar-refractivity contribution in [1.82, 2.24) is 9.80 Å². The molecular formula is C13H25N3O3. The smallest absolute Gasteiger partial charge is 0.329 e. The molecule has 0 saturated carbocycles. The van der Waals surface area contributed by atoms with E-state index >= 15 is 0 Å². The number of carboxylic acids is 1. The van der Waals surface area contributed by atoms with Crippen LogP contribution in [0, 0.1) is 0 Å². The van der Waals surface area contributed by atoms with Crippen LogP contribution in [0.15, 0.2) is 0 Å². The Balaban J connectivity index is 2.62. The largest absolute Gasteiger partial charge is 0.480 e. The Hall–Kier alpha value is -1.14. The minimum atomic E-state index is -1.17. The summed E-state index contributed by atoms with van der Waals surface area (Å²) in [5.74, 6) is -1.12. The zero-order valence-electron chi connectivity index (χ0n) is 12.1. The van der Waals surface area contributed by atoms with Crippen LogP contribution < -0.4 is 5.73 Å². The molecule has 1 aliphatic heterocycles. The van der Waals surface area contributed by atoms with Crippen molar-refractivity contribution in [3.05, 3.63) is 0 Å². The van der Waals surface area contributed by atoms with Crippen LogP contribution in [-0.2, 0) is 9.59 Å². The SMILES string of the molecule is CCN(C(=O)CN1CCC(N)CC1)C(C)(C)C(=O)O. The lowest BCUT2D eigenvalue weighted by Crippen LogP contribution is -2.56. The van der Waals surface area contributed by atoms with Crippen molar-refractivity contribution < 1.29 is 14.7 Å². The molecule has 0 atom stereocenters. The second kappa shape index (κ2) is 6.34. The quantitative estimate of drug-likeness (QED) is 0.741. The molecule has 0 bridgehead atoms. The number of amides is 1. The fraction of sp³-hybridized carbons (Fsp3) is 0.846. The van der Waals surface area contributed by atoms with Gasteiger partial charge in [-0.3, -0.25) is 9.69 Å². The second-order valence-electron chi connectivity index (χ2n) is 5.62. The number of likely N-dealkylation sites (N-methyl/N-ethyl adjacent to an activating group) is 1. The van der Waals surface area contributed by atoms with E-state index in [2.05, 4.69) is 0 Å². The number of aliphatic carboxylic acids is 1. The summed E-state index contributed by atoms with van der Waals surface area (Å²) in [6.07, 6.45) is 1.78. The molecule has 0 aromatic heterocycles. The molecule has 0 radical (unpaired) electrons. The molecule has 1 fully saturated rings. The van der Waals surface area contributed by atoms with Crippen molar-refractivity contribution in [3.63, 3.8) is 0 Å². The van der Waals surface area contributed by atoms with E-state index in [4.69, 9.17) is 5.73 Å². The standard InChI is InChI=1S/C13H25N3O3/c1-4-16(13(2,3)12(18)19)11(17)9-15-7-5-10(14)6-8-15/h10H,4-9,14H2,1-3H3,(H,18,19). The molecule has 0 aromatic carbocycles. The van der Waals surface area contributed by atoms with Crippen LogP contribution in [0.4, 0.5) is 0 Å². The van der Waals surface area contributed by atoms with Crippen LogP contribution in [0.2, 0.25) is 0 Å². The third kappa shape index (κ3) is 3.91. The highest BCUT2D eigenvalue weighted by molar-refractivity contribution is 5.87. The Labute approximate surface area is 114 Å². The highest BCUT2D eigenvalue weighted by Crippen LogP contribution is 2.16. The fourth-order valence-corrected chi connectivity index (χ4v) is 2.39. The third-order valence-electron chi connectivity index (χ3n) is 3.81. The molecule has 1 saturated heterocycles. The maximum absolute atomic E-state index is 12.3. The highest BCUT2D eigenvalue weighted by atomic mass is 16.4. The summed E-state index contributed by atoms with van der Waals surface area (Å²) in [5, 5.41) is 9.21. The minimum absolute atomic E-state index is 0.134. The van der Waals surface area contributed by atoms with Crippen molar-refractivity contribution in [1.29, 1.82) is 0 Å². The molecule has 1 amide bonds. The molecule has 6 heteroatoms. The number of carboxylic acid groups (broad SMARTS) is 1. The molecule has 19 heavy (non-hydrogen) atoms. The zero-order valence-corrected chi connectivity index (χ0v) is 12.1. The van der Waals surface area contributed by atoms with Gasteiger partial charge in [0.15, 0.2) is 0 Å². The number of hydrogen-bond donors (Lipinski definition) is 2. The number of rotatable bonds is 5. The Bertz CT molecular complexity index is 336. The summed E-state index contributed by atoms with van der Waals surface area (Å²) in [7, 11) is 0. The number of piperidine rings is 1. The van der Waals surface area contributed by atoms with E-state index in [-0.39, 0.29) is 18.5 Å². The van der Waals surface area contributed by atoms with Crippen molar-refractivity contribution in [2.24, 2.45) is 5.73 Å². The third-order valence-corrected chi connectivity index (χ3v) is 3.81. The number of nitrogens with zero attached hydrogens (tertiary/aromatic N) is 2. The lowest BCUT2D eigenvalue weighted by Gasteiger charge is -2.37. The van der Waals surface area contributed by atoms with E-state index in [0.29, 0.717) is 6.54 Å². The molecule has 0 aliphatic carbocycles. The van der Waals surface area contributed by atoms with E-state index in [1.54, 1.807) is 20.8 Å². The van der Waals surface area contributed by atoms with Gasteiger partial charge in [-0.1, -0.05) is 0 Å². The average Bonchev–Trinajstić information content (AvgIpc) is 2.32. The van der Waals surface area contributed by atoms with Crippen LogP contribution in [0.3, 0.4) is 0 Å². The monoisotopic (exact) mass is 271 g/mol. The van der Waals surface area contributed by atoms with Crippen molar-refractivity contribution >= 4 is 11.9 Å². The zero-order chi connectivity index (χ0) is 14.6. The first kappa shape index (κ1) is 15.9. The maximum Gasteiger partial charge on any atom is 0.329 e. The molecular weight excluding hydrogens is 246 g/mol. The first-order chi connectivity index (χ1) is 8.78. The number of nitrogens with two attached hydrogens (primary N) is 1. The van der Waals surface area contributed by atoms with Gasteiger partial charge in [0.05, 0.1) is 6.54 Å². The average molecular weight is 271 g/mol. The van der Waals surface area contributed by atoms with Crippen molar-refractivity contribution in [2.45, 2.75) is 45.2 Å². The van der Waals surface area contributed by atoms with Gasteiger partial charge in [0.1, 0.15) is 5.54 Å². The van der Waals surface area contributed by atoms with E-state index in [0.717, 1.165) is 25.9 Å². The number of hydrogen-bond acceptors (Lipinski definition) is 4. The summed E-state index contributed by atoms with van der Waals surface area (Å²) in [4.78, 5) is 27.0. The van der Waals surface area contributed by atoms with Crippen LogP contribution in [0.1, 0.15) is 33.6 Å². The van der Waals surface area contributed by atoms with Crippen molar-refractivity contribution in [2.75, 3.05) is 26.2 Å². The van der Waals surface area contributed by atoms with E-state index < -0.39 is 11.5 Å². The van der Waals surface area contributed by atoms with Gasteiger partial charge in [-0.15, -0.1) is 0 Å². The molecule has 1 aliphatic rings. The van der Waals surface area contributed by atoms with Crippen LogP contribution >= 0.6 is 0 Å². The first-order valence-electron chi connectivity index (χ1n) is 6.80. The Kier molecular flexibility index (Phi) is 5.31. The Morgan fingerprint density at radius 1 is 1.37 bits per heavy atom. The Morgan fingerprint density at radius 3 is 2.32 bits per heavy atom. The minimum Gasteiger partial charge on any atom is -0.480 e. The predicted octanol–water partition coefficient (Wildman–Crippen LogP) is 0.121. The number of carbonyl (C=O) groups is 2. The Morgan fingerprint density at radius 2 is 1.89 bits per heavy atom. The van der Waals surface area contributed by atoms with E-state index in [1.807, 2.05) is 4.90 Å². The normalized spacial score (nSPS) is 18.3. The molecule has 110 valence electrons. The maximum atomic E-state index is 12.3. The molecule has 6 nitrogen and oxygen atoms in total. The molecule has 1 rings (SSSR count). The summed E-state index contributed by atoms with van der Waals surface area (Å²) >= 11 is 0. The summed E-state index contributed by atoms with van der Waals surface area (Å²) < 4.78 is 0. The van der Waals surface area contributed by atoms with Gasteiger partial charge in [0.2, 0.25) is 5.91 Å². The number of likely N-dealkylation sites (tertiary alicyclic amines) is 1. The fourth-order valence-electron chi connectivity index (χ4n) is 2.39. The molecule has 0 spiro atoms. The lowest BCUT2D eigenvalue weighted by atomic mass is 10.0. The topological polar surface area (TPSA) is 86.9 Å². The first-order valence-corrected chi connectivity index (χ1v) is 6.80. The van der Waals surface area contributed by atoms with Gasteiger partial charge in [-0.05, 0) is 33.6 Å². The van der Waals surface area contributed by atoms with E-state index in [9.17, 15) is 14.7 Å². The van der Waals surface area contributed by atoms with Gasteiger partial charge >= 0.3 is 5.97 Å². The lowest BCUT2D eigenvalue weighted by molar-refractivity contribution is -0.157. The van der Waals surface area contributed by atoms with Gasteiger partial charge in [-0.25, -0.2) is 4.79 Å². The van der Waals surface area contributed by atoms with Crippen LogP contribution in [-0.4, -0.2) is 64.5 Å². The van der Waals surface area contributed by atoms with Crippen LogP contribution in [0.5, 0.6) is 0 Å². The molecule has 3 N–H and O–H groups in total. The van der Waals surface area contributed by atoms with Crippen LogP contribution in [0.25, 0.3) is 0 Å². The summed E-state index contributed by atoms with van der Waals surface area (Å²) in [6.45, 7) is 7.19. The van der Waals surface area contributed by atoms with Gasteiger partial charge in [-0.2, -0.15) is 0 Å². The summed E-state index contributed by atoms with van der Waals surface area (Å²) in [6, 6.07) is 0.226.